The van der Waals surface area contributed by atoms with Gasteiger partial charge in [-0.05, 0) is 54.4 Å². The molecule has 1 aromatic heterocycles. The molecule has 5 rings (SSSR count). The van der Waals surface area contributed by atoms with Crippen molar-refractivity contribution in [2.75, 3.05) is 5.32 Å². The van der Waals surface area contributed by atoms with Crippen molar-refractivity contribution in [2.24, 2.45) is 0 Å². The average molecular weight is 513 g/mol. The van der Waals surface area contributed by atoms with Crippen LogP contribution in [-0.4, -0.2) is 21.6 Å². The summed E-state index contributed by atoms with van der Waals surface area (Å²) in [6.07, 6.45) is 0.940. The van der Waals surface area contributed by atoms with Crippen LogP contribution in [0.4, 0.5) is 5.69 Å². The summed E-state index contributed by atoms with van der Waals surface area (Å²) in [7, 11) is 0. The minimum Gasteiger partial charge on any atom is -0.326 e. The van der Waals surface area contributed by atoms with Crippen molar-refractivity contribution in [2.45, 2.75) is 29.9 Å². The molecule has 1 unspecified atom stereocenters. The topological polar surface area (TPSA) is 51.1 Å². The Morgan fingerprint density at radius 1 is 0.861 bits per heavy atom. The minimum absolute atomic E-state index is 0.0528. The summed E-state index contributed by atoms with van der Waals surface area (Å²) in [4.78, 5) is 27.3. The lowest BCUT2D eigenvalue weighted by atomic mass is 10.1. The third-order valence-corrected chi connectivity index (χ3v) is 7.72. The molecule has 0 aliphatic carbocycles. The second kappa shape index (κ2) is 10.6. The largest absolute Gasteiger partial charge is 0.326 e. The number of anilines is 1. The lowest BCUT2D eigenvalue weighted by Gasteiger charge is -2.16. The number of hydrogen-bond donors (Lipinski definition) is 1. The number of amides is 1. The zero-order valence-electron chi connectivity index (χ0n) is 19.8. The summed E-state index contributed by atoms with van der Waals surface area (Å²) >= 11 is 7.46. The predicted octanol–water partition coefficient (Wildman–Crippen LogP) is 7.84. The first-order valence-corrected chi connectivity index (χ1v) is 13.1. The van der Waals surface area contributed by atoms with Gasteiger partial charge in [-0.2, -0.15) is 0 Å². The SMILES string of the molecule is CCC(Sc1cccc(NC(=O)Cc2ccc(Cl)cc2)c1)C(=O)n1c2ccccc2c2ccccc21. The molecule has 0 aliphatic rings. The molecule has 1 N–H and O–H groups in total. The van der Waals surface area contributed by atoms with Gasteiger partial charge in [0.2, 0.25) is 11.8 Å². The number of carbonyl (C=O) groups is 2. The molecule has 180 valence electrons. The maximum Gasteiger partial charge on any atom is 0.245 e. The number of carbonyl (C=O) groups excluding carboxylic acids is 2. The van der Waals surface area contributed by atoms with E-state index in [1.165, 1.54) is 11.8 Å². The van der Waals surface area contributed by atoms with Crippen molar-refractivity contribution < 1.29 is 9.59 Å². The second-order valence-electron chi connectivity index (χ2n) is 8.60. The molecule has 0 saturated heterocycles. The Labute approximate surface area is 219 Å². The van der Waals surface area contributed by atoms with E-state index in [0.717, 1.165) is 32.3 Å². The zero-order chi connectivity index (χ0) is 25.1. The summed E-state index contributed by atoms with van der Waals surface area (Å²) in [5, 5.41) is 5.49. The first kappa shape index (κ1) is 24.2. The number of para-hydroxylation sites is 2. The van der Waals surface area contributed by atoms with Gasteiger partial charge in [-0.25, -0.2) is 0 Å². The highest BCUT2D eigenvalue weighted by atomic mass is 35.5. The van der Waals surface area contributed by atoms with Gasteiger partial charge >= 0.3 is 0 Å². The predicted molar refractivity (Wildman–Crippen MR) is 150 cm³/mol. The zero-order valence-corrected chi connectivity index (χ0v) is 21.4. The lowest BCUT2D eigenvalue weighted by molar-refractivity contribution is -0.115. The van der Waals surface area contributed by atoms with Gasteiger partial charge < -0.3 is 5.32 Å². The Balaban J connectivity index is 1.36. The Morgan fingerprint density at radius 3 is 2.14 bits per heavy atom. The second-order valence-corrected chi connectivity index (χ2v) is 10.3. The molecule has 36 heavy (non-hydrogen) atoms. The van der Waals surface area contributed by atoms with Crippen molar-refractivity contribution in [1.29, 1.82) is 0 Å². The molecule has 6 heteroatoms. The number of rotatable bonds is 7. The van der Waals surface area contributed by atoms with Crippen molar-refractivity contribution in [3.63, 3.8) is 0 Å². The standard InChI is InChI=1S/C30H25ClN2O2S/c1-2-28(30(35)33-26-12-5-3-10-24(26)25-11-4-6-13-27(25)33)36-23-9-7-8-22(19-23)32-29(34)18-20-14-16-21(31)17-15-20/h3-17,19,28H,2,18H2,1H3,(H,32,34). The monoisotopic (exact) mass is 512 g/mol. The van der Waals surface area contributed by atoms with Crippen molar-refractivity contribution in [3.05, 3.63) is 108 Å². The van der Waals surface area contributed by atoms with Crippen LogP contribution in [0.1, 0.15) is 23.7 Å². The smallest absolute Gasteiger partial charge is 0.245 e. The molecule has 0 fully saturated rings. The number of benzene rings is 4. The van der Waals surface area contributed by atoms with Crippen LogP contribution in [0.15, 0.2) is 102 Å². The van der Waals surface area contributed by atoms with Gasteiger partial charge in [-0.3, -0.25) is 14.2 Å². The van der Waals surface area contributed by atoms with Crippen LogP contribution < -0.4 is 5.32 Å². The molecule has 4 nitrogen and oxygen atoms in total. The Bertz CT molecular complexity index is 1510. The highest BCUT2D eigenvalue weighted by Gasteiger charge is 2.24. The normalized spacial score (nSPS) is 12.1. The summed E-state index contributed by atoms with van der Waals surface area (Å²) in [5.74, 6) is -0.0510. The molecule has 0 spiro atoms. The van der Waals surface area contributed by atoms with Gasteiger partial charge in [0.15, 0.2) is 0 Å². The van der Waals surface area contributed by atoms with E-state index in [1.54, 1.807) is 12.1 Å². The van der Waals surface area contributed by atoms with E-state index >= 15 is 0 Å². The highest BCUT2D eigenvalue weighted by Crippen LogP contribution is 2.33. The van der Waals surface area contributed by atoms with E-state index < -0.39 is 0 Å². The van der Waals surface area contributed by atoms with E-state index in [9.17, 15) is 9.59 Å². The number of fused-ring (bicyclic) bond motifs is 3. The van der Waals surface area contributed by atoms with E-state index in [-0.39, 0.29) is 23.5 Å². The number of nitrogens with one attached hydrogen (secondary N) is 1. The van der Waals surface area contributed by atoms with Crippen LogP contribution in [0.2, 0.25) is 5.02 Å². The Morgan fingerprint density at radius 2 is 1.50 bits per heavy atom. The molecular weight excluding hydrogens is 488 g/mol. The number of thioether (sulfide) groups is 1. The third kappa shape index (κ3) is 5.03. The molecule has 1 heterocycles. The van der Waals surface area contributed by atoms with Gasteiger partial charge in [-0.1, -0.05) is 73.1 Å². The molecule has 0 bridgehead atoms. The molecule has 0 saturated carbocycles. The van der Waals surface area contributed by atoms with Crippen LogP contribution in [0.5, 0.6) is 0 Å². The fraction of sp³-hybridized carbons (Fsp3) is 0.133. The Hall–Kier alpha value is -3.54. The van der Waals surface area contributed by atoms with Gasteiger partial charge in [0.05, 0.1) is 22.7 Å². The molecule has 0 radical (unpaired) electrons. The Kier molecular flexibility index (Phi) is 7.12. The minimum atomic E-state index is -0.274. The van der Waals surface area contributed by atoms with E-state index in [4.69, 9.17) is 11.6 Å². The summed E-state index contributed by atoms with van der Waals surface area (Å²) in [6, 6.07) is 31.0. The van der Waals surface area contributed by atoms with Crippen LogP contribution >= 0.6 is 23.4 Å². The summed E-state index contributed by atoms with van der Waals surface area (Å²) < 4.78 is 1.85. The summed E-state index contributed by atoms with van der Waals surface area (Å²) in [5.41, 5.74) is 3.44. The fourth-order valence-corrected chi connectivity index (χ4v) is 5.60. The van der Waals surface area contributed by atoms with Gasteiger partial charge in [0.25, 0.3) is 0 Å². The fourth-order valence-electron chi connectivity index (χ4n) is 4.42. The van der Waals surface area contributed by atoms with Crippen LogP contribution in [0, 0.1) is 0 Å². The summed E-state index contributed by atoms with van der Waals surface area (Å²) in [6.45, 7) is 2.03. The van der Waals surface area contributed by atoms with Gasteiger partial charge in [0.1, 0.15) is 0 Å². The molecular formula is C30H25ClN2O2S. The van der Waals surface area contributed by atoms with Crippen LogP contribution in [0.3, 0.4) is 0 Å². The third-order valence-electron chi connectivity index (χ3n) is 6.12. The molecule has 0 aliphatic heterocycles. The van der Waals surface area contributed by atoms with Gasteiger partial charge in [-0.15, -0.1) is 11.8 Å². The maximum absolute atomic E-state index is 13.8. The van der Waals surface area contributed by atoms with Crippen LogP contribution in [0.25, 0.3) is 21.8 Å². The van der Waals surface area contributed by atoms with E-state index in [1.807, 2.05) is 84.3 Å². The maximum atomic E-state index is 13.8. The number of nitrogens with zero attached hydrogens (tertiary/aromatic N) is 1. The van der Waals surface area contributed by atoms with Crippen molar-refractivity contribution in [1.82, 2.24) is 4.57 Å². The van der Waals surface area contributed by atoms with Crippen molar-refractivity contribution in [3.8, 4) is 0 Å². The quantitative estimate of drug-likeness (QED) is 0.226. The van der Waals surface area contributed by atoms with E-state index in [2.05, 4.69) is 17.4 Å². The highest BCUT2D eigenvalue weighted by molar-refractivity contribution is 8.00. The van der Waals surface area contributed by atoms with Crippen LogP contribution in [-0.2, 0) is 11.2 Å². The average Bonchev–Trinajstić information content (AvgIpc) is 3.23. The van der Waals surface area contributed by atoms with Gasteiger partial charge in [0, 0.05) is 26.4 Å². The number of aromatic nitrogens is 1. The number of halogens is 1. The molecule has 1 amide bonds. The number of hydrogen-bond acceptors (Lipinski definition) is 3. The first-order valence-electron chi connectivity index (χ1n) is 11.9. The first-order chi connectivity index (χ1) is 17.5. The van der Waals surface area contributed by atoms with E-state index in [0.29, 0.717) is 17.1 Å². The lowest BCUT2D eigenvalue weighted by Crippen LogP contribution is -2.23. The van der Waals surface area contributed by atoms with Crippen molar-refractivity contribution >= 4 is 62.7 Å². The molecule has 5 aromatic rings. The molecule has 4 aromatic carbocycles. The molecule has 1 atom stereocenters.